The summed E-state index contributed by atoms with van der Waals surface area (Å²) < 4.78 is 23.1. The third-order valence-corrected chi connectivity index (χ3v) is 13.1. The molecule has 1 unspecified atom stereocenters. The molecule has 1 aliphatic rings. The molecule has 1 aliphatic heterocycles. The molecular formula is C53H99N3O8S. The number of carbonyl (C=O) groups is 4. The van der Waals surface area contributed by atoms with E-state index >= 15 is 0 Å². The standard InChI is InChI=1S/C53H99N3O8S/c1-6-9-12-15-18-19-20-25-33-42-61-49(57)37-31-27-32-41-56-45-47(64-51(59)39-40-54-53(65)55(4)5)44-48(56)52(60)62-43-34-26-21-24-30-38-50(58)63-46(35-28-22-16-13-10-7-2)36-29-23-17-14-11-8-3/h46-48H,6-45H2,1-5H3,(H,54,65)/t47?,48-/m0/s1. The first-order chi connectivity index (χ1) is 31.6. The second-order valence-corrected chi connectivity index (χ2v) is 19.4. The van der Waals surface area contributed by atoms with Gasteiger partial charge in [-0.1, -0.05) is 162 Å². The SMILES string of the molecule is CCCCCCCCCCCOC(=O)CCCCCN1CC(OC(=O)CCNC(=S)N(C)C)C[C@H]1C(=O)OCCCCCCCC(=O)OC(CCCCCCCC)CCCCCCCC. The quantitative estimate of drug-likeness (QED) is 0.0271. The molecule has 380 valence electrons. The fraction of sp³-hybridized carbons (Fsp3) is 0.906. The van der Waals surface area contributed by atoms with Crippen LogP contribution in [0.1, 0.15) is 245 Å². The van der Waals surface area contributed by atoms with Crippen molar-refractivity contribution in [3.63, 3.8) is 0 Å². The monoisotopic (exact) mass is 938 g/mol. The Labute approximate surface area is 403 Å². The van der Waals surface area contributed by atoms with Crippen LogP contribution in [-0.2, 0) is 38.1 Å². The molecule has 1 N–H and O–H groups in total. The summed E-state index contributed by atoms with van der Waals surface area (Å²) >= 11 is 5.25. The van der Waals surface area contributed by atoms with Crippen molar-refractivity contribution in [3.05, 3.63) is 0 Å². The van der Waals surface area contributed by atoms with E-state index in [1.807, 2.05) is 14.1 Å². The number of likely N-dealkylation sites (tertiary alicyclic amines) is 1. The summed E-state index contributed by atoms with van der Waals surface area (Å²) in [5.41, 5.74) is 0. The number of esters is 4. The van der Waals surface area contributed by atoms with Crippen molar-refractivity contribution in [2.45, 2.75) is 264 Å². The molecule has 12 heteroatoms. The number of hydrogen-bond acceptors (Lipinski definition) is 10. The van der Waals surface area contributed by atoms with Crippen molar-refractivity contribution in [1.29, 1.82) is 0 Å². The highest BCUT2D eigenvalue weighted by Gasteiger charge is 2.39. The Morgan fingerprint density at radius 1 is 0.569 bits per heavy atom. The van der Waals surface area contributed by atoms with E-state index in [2.05, 4.69) is 31.0 Å². The van der Waals surface area contributed by atoms with Crippen molar-refractivity contribution >= 4 is 41.2 Å². The first-order valence-electron chi connectivity index (χ1n) is 27.0. The minimum atomic E-state index is -0.481. The zero-order valence-corrected chi connectivity index (χ0v) is 43.4. The van der Waals surface area contributed by atoms with Crippen LogP contribution in [0.25, 0.3) is 0 Å². The molecule has 1 saturated heterocycles. The molecule has 0 amide bonds. The van der Waals surface area contributed by atoms with Crippen molar-refractivity contribution in [3.8, 4) is 0 Å². The number of nitrogens with one attached hydrogen (secondary N) is 1. The number of nitrogens with zero attached hydrogens (tertiary/aromatic N) is 2. The smallest absolute Gasteiger partial charge is 0.323 e. The molecule has 2 atom stereocenters. The van der Waals surface area contributed by atoms with Gasteiger partial charge in [-0.15, -0.1) is 0 Å². The van der Waals surface area contributed by atoms with Crippen LogP contribution in [0, 0.1) is 0 Å². The fourth-order valence-electron chi connectivity index (χ4n) is 8.53. The average molecular weight is 938 g/mol. The molecule has 0 spiro atoms. The summed E-state index contributed by atoms with van der Waals surface area (Å²) in [4.78, 5) is 55.1. The van der Waals surface area contributed by atoms with Gasteiger partial charge >= 0.3 is 23.9 Å². The summed E-state index contributed by atoms with van der Waals surface area (Å²) in [6.45, 7) is 9.07. The van der Waals surface area contributed by atoms with Crippen LogP contribution in [0.3, 0.4) is 0 Å². The van der Waals surface area contributed by atoms with E-state index < -0.39 is 12.1 Å². The van der Waals surface area contributed by atoms with Crippen LogP contribution < -0.4 is 5.32 Å². The van der Waals surface area contributed by atoms with Gasteiger partial charge in [-0.25, -0.2) is 0 Å². The van der Waals surface area contributed by atoms with Gasteiger partial charge < -0.3 is 29.2 Å². The Morgan fingerprint density at radius 2 is 1.03 bits per heavy atom. The Kier molecular flexibility index (Phi) is 39.9. The second kappa shape index (κ2) is 42.9. The van der Waals surface area contributed by atoms with Gasteiger partial charge in [0.2, 0.25) is 0 Å². The van der Waals surface area contributed by atoms with Gasteiger partial charge in [-0.05, 0) is 76.6 Å². The highest BCUT2D eigenvalue weighted by molar-refractivity contribution is 7.80. The van der Waals surface area contributed by atoms with Crippen LogP contribution in [0.15, 0.2) is 0 Å². The highest BCUT2D eigenvalue weighted by atomic mass is 32.1. The Bertz CT molecular complexity index is 1190. The van der Waals surface area contributed by atoms with Gasteiger partial charge in [-0.3, -0.25) is 24.1 Å². The van der Waals surface area contributed by atoms with Gasteiger partial charge in [0, 0.05) is 46.4 Å². The first kappa shape index (κ1) is 60.5. The molecule has 1 fully saturated rings. The van der Waals surface area contributed by atoms with E-state index in [0.29, 0.717) is 57.2 Å². The molecule has 0 saturated carbocycles. The summed E-state index contributed by atoms with van der Waals surface area (Å²) in [5, 5.41) is 3.60. The molecule has 0 aromatic heterocycles. The van der Waals surface area contributed by atoms with Gasteiger partial charge in [-0.2, -0.15) is 0 Å². The number of ether oxygens (including phenoxy) is 4. The van der Waals surface area contributed by atoms with Crippen LogP contribution in [0.2, 0.25) is 0 Å². The third-order valence-electron chi connectivity index (χ3n) is 12.6. The molecule has 0 bridgehead atoms. The minimum absolute atomic E-state index is 0.0529. The number of hydrogen-bond donors (Lipinski definition) is 1. The highest BCUT2D eigenvalue weighted by Crippen LogP contribution is 2.24. The van der Waals surface area contributed by atoms with E-state index in [9.17, 15) is 19.2 Å². The molecule has 0 aromatic rings. The van der Waals surface area contributed by atoms with Gasteiger partial charge in [0.1, 0.15) is 18.2 Å². The van der Waals surface area contributed by atoms with E-state index in [4.69, 9.17) is 31.2 Å². The van der Waals surface area contributed by atoms with Gasteiger partial charge in [0.15, 0.2) is 5.11 Å². The molecular weight excluding hydrogens is 839 g/mol. The minimum Gasteiger partial charge on any atom is -0.466 e. The van der Waals surface area contributed by atoms with Crippen molar-refractivity contribution < 1.29 is 38.1 Å². The van der Waals surface area contributed by atoms with Crippen LogP contribution in [-0.4, -0.2) is 104 Å². The van der Waals surface area contributed by atoms with Crippen molar-refractivity contribution in [1.82, 2.24) is 15.1 Å². The molecule has 1 heterocycles. The first-order valence-corrected chi connectivity index (χ1v) is 27.4. The molecule has 0 radical (unpaired) electrons. The lowest BCUT2D eigenvalue weighted by Crippen LogP contribution is -2.38. The van der Waals surface area contributed by atoms with E-state index in [-0.39, 0.29) is 36.4 Å². The Hall–Kier alpha value is -2.47. The summed E-state index contributed by atoms with van der Waals surface area (Å²) in [7, 11) is 3.69. The number of unbranched alkanes of at least 4 members (excludes halogenated alkanes) is 24. The van der Waals surface area contributed by atoms with Gasteiger partial charge in [0.05, 0.1) is 19.6 Å². The van der Waals surface area contributed by atoms with Gasteiger partial charge in [0.25, 0.3) is 0 Å². The lowest BCUT2D eigenvalue weighted by atomic mass is 10.0. The topological polar surface area (TPSA) is 124 Å². The van der Waals surface area contributed by atoms with Crippen molar-refractivity contribution in [2.75, 3.05) is 46.9 Å². The van der Waals surface area contributed by atoms with Crippen LogP contribution in [0.4, 0.5) is 0 Å². The summed E-state index contributed by atoms with van der Waals surface area (Å²) in [6, 6.07) is -0.481. The van der Waals surface area contributed by atoms with E-state index in [1.165, 1.54) is 109 Å². The largest absolute Gasteiger partial charge is 0.466 e. The van der Waals surface area contributed by atoms with E-state index in [1.54, 1.807) is 4.90 Å². The molecule has 11 nitrogen and oxygen atoms in total. The maximum Gasteiger partial charge on any atom is 0.323 e. The zero-order valence-electron chi connectivity index (χ0n) is 42.6. The molecule has 0 aromatic carbocycles. The number of carbonyl (C=O) groups excluding carboxylic acids is 4. The predicted octanol–water partition coefficient (Wildman–Crippen LogP) is 12.7. The molecule has 65 heavy (non-hydrogen) atoms. The number of thiocarbonyl (C=S) groups is 1. The Balaban J connectivity index is 2.45. The third kappa shape index (κ3) is 35.4. The maximum atomic E-state index is 13.4. The lowest BCUT2D eigenvalue weighted by Gasteiger charge is -2.22. The normalized spacial score (nSPS) is 15.0. The summed E-state index contributed by atoms with van der Waals surface area (Å²) in [5.74, 6) is -0.795. The summed E-state index contributed by atoms with van der Waals surface area (Å²) in [6.07, 6.45) is 35.9. The average Bonchev–Trinajstić information content (AvgIpc) is 3.69. The lowest BCUT2D eigenvalue weighted by molar-refractivity contribution is -0.151. The fourth-order valence-corrected chi connectivity index (χ4v) is 8.63. The number of rotatable bonds is 44. The predicted molar refractivity (Wildman–Crippen MR) is 270 cm³/mol. The van der Waals surface area contributed by atoms with Crippen molar-refractivity contribution in [2.24, 2.45) is 0 Å². The van der Waals surface area contributed by atoms with E-state index in [0.717, 1.165) is 89.9 Å². The molecule has 0 aliphatic carbocycles. The van der Waals surface area contributed by atoms with Crippen LogP contribution in [0.5, 0.6) is 0 Å². The Morgan fingerprint density at radius 3 is 1.57 bits per heavy atom. The molecule has 1 rings (SSSR count). The second-order valence-electron chi connectivity index (χ2n) is 19.0. The maximum absolute atomic E-state index is 13.4. The van der Waals surface area contributed by atoms with Crippen LogP contribution >= 0.6 is 12.2 Å². The zero-order chi connectivity index (χ0) is 47.6.